The molecule has 1 aromatic heterocycles. The highest BCUT2D eigenvalue weighted by atomic mass is 14.7. The molecule has 32 heavy (non-hydrogen) atoms. The normalized spacial score (nSPS) is 24.2. The minimum Gasteiger partial charge on any atom is -0.256 e. The van der Waals surface area contributed by atoms with Crippen molar-refractivity contribution in [3.8, 4) is 11.3 Å². The molecule has 3 aromatic carbocycles. The molecule has 0 aliphatic heterocycles. The third-order valence-corrected chi connectivity index (χ3v) is 7.01. The first kappa shape index (κ1) is 18.6. The van der Waals surface area contributed by atoms with E-state index in [1.807, 2.05) is 24.4 Å². The van der Waals surface area contributed by atoms with E-state index in [0.29, 0.717) is 25.7 Å². The first-order valence-corrected chi connectivity index (χ1v) is 11.7. The summed E-state index contributed by atoms with van der Waals surface area (Å²) in [6, 6.07) is 21.1. The number of nitrogens with zero attached hydrogens (tertiary/aromatic N) is 1. The van der Waals surface area contributed by atoms with Crippen LogP contribution in [-0.2, 0) is 0 Å². The molecule has 0 amide bonds. The van der Waals surface area contributed by atoms with Crippen LogP contribution in [0, 0.1) is 27.7 Å². The van der Waals surface area contributed by atoms with E-state index < -0.39 is 11.8 Å². The lowest BCUT2D eigenvalue weighted by Gasteiger charge is -2.31. The molecule has 4 aromatic rings. The summed E-state index contributed by atoms with van der Waals surface area (Å²) in [6.45, 7) is 8.58. The molecule has 0 spiro atoms. The fourth-order valence-corrected chi connectivity index (χ4v) is 5.62. The maximum atomic E-state index is 9.53. The predicted octanol–water partition coefficient (Wildman–Crippen LogP) is 8.58. The van der Waals surface area contributed by atoms with Gasteiger partial charge < -0.3 is 0 Å². The second kappa shape index (κ2) is 8.54. The van der Waals surface area contributed by atoms with Crippen LogP contribution in [0.4, 0.5) is 0 Å². The summed E-state index contributed by atoms with van der Waals surface area (Å²) >= 11 is 0. The van der Waals surface area contributed by atoms with Crippen molar-refractivity contribution in [1.82, 2.24) is 4.98 Å². The predicted molar refractivity (Wildman–Crippen MR) is 137 cm³/mol. The molecule has 1 aliphatic rings. The molecule has 0 unspecified atom stereocenters. The van der Waals surface area contributed by atoms with Crippen LogP contribution >= 0.6 is 0 Å². The number of hydrogen-bond donors (Lipinski definition) is 0. The van der Waals surface area contributed by atoms with Crippen molar-refractivity contribution in [2.24, 2.45) is 0 Å². The van der Waals surface area contributed by atoms with Gasteiger partial charge in [0.05, 0.1) is 5.69 Å². The van der Waals surface area contributed by atoms with Gasteiger partial charge in [0.15, 0.2) is 0 Å². The summed E-state index contributed by atoms with van der Waals surface area (Å²) < 4.78 is 18.6. The summed E-state index contributed by atoms with van der Waals surface area (Å²) in [5.74, 6) is -1.25. The molecule has 0 saturated heterocycles. The zero-order chi connectivity index (χ0) is 24.1. The van der Waals surface area contributed by atoms with Gasteiger partial charge in [-0.3, -0.25) is 4.98 Å². The van der Waals surface area contributed by atoms with Crippen molar-refractivity contribution in [3.63, 3.8) is 0 Å². The van der Waals surface area contributed by atoms with E-state index in [9.17, 15) is 1.37 Å². The van der Waals surface area contributed by atoms with E-state index in [2.05, 4.69) is 70.2 Å². The van der Waals surface area contributed by atoms with Gasteiger partial charge in [0.2, 0.25) is 0 Å². The molecule has 5 rings (SSSR count). The molecule has 1 heterocycles. The largest absolute Gasteiger partial charge is 0.256 e. The Morgan fingerprint density at radius 3 is 2.09 bits per heavy atom. The van der Waals surface area contributed by atoms with Crippen LogP contribution < -0.4 is 0 Å². The smallest absolute Gasteiger partial charge is 0.0780 e. The summed E-state index contributed by atoms with van der Waals surface area (Å²) in [6.07, 6.45) is 4.73. The Bertz CT molecular complexity index is 1350. The number of aromatic nitrogens is 1. The number of hydrogen-bond acceptors (Lipinski definition) is 1. The lowest BCUT2D eigenvalue weighted by atomic mass is 9.73. The van der Waals surface area contributed by atoms with Gasteiger partial charge in [-0.2, -0.15) is 0 Å². The highest BCUT2D eigenvalue weighted by molar-refractivity contribution is 5.97. The second-order valence-corrected chi connectivity index (χ2v) is 9.40. The third kappa shape index (κ3) is 3.86. The Hall–Kier alpha value is -2.93. The summed E-state index contributed by atoms with van der Waals surface area (Å²) in [4.78, 5) is 4.78. The van der Waals surface area contributed by atoms with E-state index in [1.165, 1.54) is 22.1 Å². The van der Waals surface area contributed by atoms with Gasteiger partial charge in [0.1, 0.15) is 0 Å². The SMILES string of the molecule is [2H]C1(c2ccccc2)CCC([2H])(c2c(C)cc3c(-c4cc(C)cc(C)c4)nccc3c2C)CC1. The molecular formula is C31H33N. The fraction of sp³-hybridized carbons (Fsp3) is 0.323. The zero-order valence-corrected chi connectivity index (χ0v) is 19.6. The van der Waals surface area contributed by atoms with Crippen LogP contribution in [0.2, 0.25) is 0 Å². The van der Waals surface area contributed by atoms with Gasteiger partial charge in [-0.05, 0) is 117 Å². The Kier molecular flexibility index (Phi) is 4.97. The minimum absolute atomic E-state index is 0.593. The molecule has 1 nitrogen and oxygen atoms in total. The average molecular weight is 422 g/mol. The zero-order valence-electron chi connectivity index (χ0n) is 21.6. The topological polar surface area (TPSA) is 12.9 Å². The molecule has 1 fully saturated rings. The van der Waals surface area contributed by atoms with Crippen LogP contribution in [0.5, 0.6) is 0 Å². The van der Waals surface area contributed by atoms with Gasteiger partial charge in [-0.15, -0.1) is 0 Å². The van der Waals surface area contributed by atoms with Gasteiger partial charge in [-0.25, -0.2) is 0 Å². The van der Waals surface area contributed by atoms with Crippen LogP contribution in [0.15, 0.2) is 66.9 Å². The summed E-state index contributed by atoms with van der Waals surface area (Å²) in [7, 11) is 0. The lowest BCUT2D eigenvalue weighted by molar-refractivity contribution is 0.395. The van der Waals surface area contributed by atoms with E-state index in [0.717, 1.165) is 33.3 Å². The monoisotopic (exact) mass is 421 g/mol. The van der Waals surface area contributed by atoms with Crippen molar-refractivity contribution in [2.45, 2.75) is 65.2 Å². The van der Waals surface area contributed by atoms with E-state index in [1.54, 1.807) is 0 Å². The Morgan fingerprint density at radius 1 is 0.750 bits per heavy atom. The van der Waals surface area contributed by atoms with Crippen LogP contribution in [0.3, 0.4) is 0 Å². The van der Waals surface area contributed by atoms with E-state index in [4.69, 9.17) is 6.35 Å². The van der Waals surface area contributed by atoms with Crippen molar-refractivity contribution < 1.29 is 2.74 Å². The minimum atomic E-state index is -0.662. The molecular weight excluding hydrogens is 386 g/mol. The number of pyridine rings is 1. The van der Waals surface area contributed by atoms with Crippen molar-refractivity contribution in [2.75, 3.05) is 0 Å². The number of rotatable bonds is 3. The first-order chi connectivity index (χ1) is 16.2. The Morgan fingerprint density at radius 2 is 1.41 bits per heavy atom. The maximum absolute atomic E-state index is 9.53. The van der Waals surface area contributed by atoms with Gasteiger partial charge in [-0.1, -0.05) is 47.5 Å². The van der Waals surface area contributed by atoms with Crippen molar-refractivity contribution in [3.05, 3.63) is 100 Å². The molecule has 1 saturated carbocycles. The highest BCUT2D eigenvalue weighted by Gasteiger charge is 2.26. The van der Waals surface area contributed by atoms with Crippen LogP contribution in [0.25, 0.3) is 22.0 Å². The average Bonchev–Trinajstić information content (AvgIpc) is 2.81. The lowest BCUT2D eigenvalue weighted by Crippen LogP contribution is -2.14. The Balaban J connectivity index is 1.57. The summed E-state index contributed by atoms with van der Waals surface area (Å²) in [5.41, 5.74) is 9.22. The molecule has 162 valence electrons. The second-order valence-electron chi connectivity index (χ2n) is 9.40. The van der Waals surface area contributed by atoms with Crippen molar-refractivity contribution in [1.29, 1.82) is 0 Å². The van der Waals surface area contributed by atoms with Crippen molar-refractivity contribution >= 4 is 10.8 Å². The van der Waals surface area contributed by atoms with Crippen LogP contribution in [0.1, 0.15) is 73.6 Å². The van der Waals surface area contributed by atoms with Gasteiger partial charge in [0, 0.05) is 19.9 Å². The molecule has 1 heteroatoms. The molecule has 1 aliphatic carbocycles. The van der Waals surface area contributed by atoms with Gasteiger partial charge in [0.25, 0.3) is 0 Å². The molecule has 0 radical (unpaired) electrons. The number of fused-ring (bicyclic) bond motifs is 1. The highest BCUT2D eigenvalue weighted by Crippen LogP contribution is 2.44. The van der Waals surface area contributed by atoms with E-state index >= 15 is 0 Å². The van der Waals surface area contributed by atoms with Crippen LogP contribution in [-0.4, -0.2) is 4.98 Å². The van der Waals surface area contributed by atoms with Gasteiger partial charge >= 0.3 is 0 Å². The third-order valence-electron chi connectivity index (χ3n) is 7.01. The quantitative estimate of drug-likeness (QED) is 0.323. The first-order valence-electron chi connectivity index (χ1n) is 12.7. The molecule has 0 atom stereocenters. The van der Waals surface area contributed by atoms with E-state index in [-0.39, 0.29) is 0 Å². The maximum Gasteiger partial charge on any atom is 0.0780 e. The number of aryl methyl sites for hydroxylation is 4. The Labute approximate surface area is 195 Å². The summed E-state index contributed by atoms with van der Waals surface area (Å²) in [5, 5.41) is 2.34. The standard InChI is InChI=1S/C31H33N/c1-20-16-21(2)18-27(17-20)31-29-19-22(3)30(23(4)28(29)14-15-32-31)26-12-10-25(11-13-26)24-8-6-5-7-9-24/h5-9,14-19,25-26H,10-13H2,1-4H3/i25D,26D. The molecule has 0 N–H and O–H groups in total. The number of benzene rings is 3. The fourth-order valence-electron chi connectivity index (χ4n) is 5.62. The molecule has 0 bridgehead atoms.